The first-order valence-electron chi connectivity index (χ1n) is 7.15. The first kappa shape index (κ1) is 12.5. The van der Waals surface area contributed by atoms with Crippen molar-refractivity contribution in [3.8, 4) is 0 Å². The average Bonchev–Trinajstić information content (AvgIpc) is 3.12. The summed E-state index contributed by atoms with van der Waals surface area (Å²) < 4.78 is 2.28. The van der Waals surface area contributed by atoms with Crippen molar-refractivity contribution in [2.24, 2.45) is 0 Å². The fourth-order valence-electron chi connectivity index (χ4n) is 2.41. The summed E-state index contributed by atoms with van der Waals surface area (Å²) in [6.07, 6.45) is 7.15. The first-order valence-corrected chi connectivity index (χ1v) is 7.15. The van der Waals surface area contributed by atoms with Crippen molar-refractivity contribution >= 4 is 0 Å². The van der Waals surface area contributed by atoms with Crippen LogP contribution in [0, 0.1) is 13.8 Å². The molecule has 1 aromatic heterocycles. The van der Waals surface area contributed by atoms with Gasteiger partial charge in [0.25, 0.3) is 0 Å². The molecule has 0 atom stereocenters. The van der Waals surface area contributed by atoms with Crippen LogP contribution in [0.25, 0.3) is 0 Å². The van der Waals surface area contributed by atoms with Gasteiger partial charge in [0, 0.05) is 31.5 Å². The normalized spacial score (nSPS) is 14.8. The highest BCUT2D eigenvalue weighted by molar-refractivity contribution is 5.31. The molecule has 0 unspecified atom stereocenters. The van der Waals surface area contributed by atoms with E-state index in [9.17, 15) is 0 Å². The molecule has 3 rings (SSSR count). The van der Waals surface area contributed by atoms with Crippen LogP contribution in [-0.4, -0.2) is 10.6 Å². The van der Waals surface area contributed by atoms with Crippen LogP contribution in [-0.2, 0) is 13.1 Å². The topological polar surface area (TPSA) is 17.0 Å². The summed E-state index contributed by atoms with van der Waals surface area (Å²) >= 11 is 0. The Hall–Kier alpha value is -1.54. The lowest BCUT2D eigenvalue weighted by molar-refractivity contribution is 0.684. The van der Waals surface area contributed by atoms with E-state index in [1.807, 2.05) is 0 Å². The maximum absolute atomic E-state index is 3.56. The molecule has 2 aromatic rings. The zero-order valence-electron chi connectivity index (χ0n) is 11.8. The number of aromatic nitrogens is 1. The minimum absolute atomic E-state index is 0.780. The minimum atomic E-state index is 0.780. The summed E-state index contributed by atoms with van der Waals surface area (Å²) in [6, 6.07) is 9.68. The molecule has 1 aromatic carbocycles. The van der Waals surface area contributed by atoms with Crippen LogP contribution in [0.15, 0.2) is 36.7 Å². The van der Waals surface area contributed by atoms with E-state index in [1.165, 1.54) is 35.1 Å². The van der Waals surface area contributed by atoms with Crippen molar-refractivity contribution in [3.05, 3.63) is 58.9 Å². The molecule has 1 aliphatic rings. The van der Waals surface area contributed by atoms with Crippen LogP contribution >= 0.6 is 0 Å². The molecule has 1 saturated carbocycles. The average molecular weight is 254 g/mol. The van der Waals surface area contributed by atoms with E-state index >= 15 is 0 Å². The maximum Gasteiger partial charge on any atom is 0.0473 e. The Morgan fingerprint density at radius 3 is 2.84 bits per heavy atom. The van der Waals surface area contributed by atoms with Crippen molar-refractivity contribution in [2.75, 3.05) is 0 Å². The monoisotopic (exact) mass is 254 g/mol. The summed E-state index contributed by atoms with van der Waals surface area (Å²) in [5, 5.41) is 3.56. The highest BCUT2D eigenvalue weighted by Gasteiger charge is 2.19. The van der Waals surface area contributed by atoms with Gasteiger partial charge in [-0.3, -0.25) is 0 Å². The zero-order valence-corrected chi connectivity index (χ0v) is 11.8. The lowest BCUT2D eigenvalue weighted by Gasteiger charge is -2.08. The highest BCUT2D eigenvalue weighted by Crippen LogP contribution is 2.19. The summed E-state index contributed by atoms with van der Waals surface area (Å²) in [5.41, 5.74) is 5.51. The Morgan fingerprint density at radius 1 is 1.21 bits per heavy atom. The Balaban J connectivity index is 1.66. The number of rotatable bonds is 5. The summed E-state index contributed by atoms with van der Waals surface area (Å²) in [5.74, 6) is 0. The molecule has 0 saturated heterocycles. The van der Waals surface area contributed by atoms with Gasteiger partial charge in [-0.1, -0.05) is 23.8 Å². The fourth-order valence-corrected chi connectivity index (χ4v) is 2.41. The van der Waals surface area contributed by atoms with E-state index in [0.29, 0.717) is 0 Å². The quantitative estimate of drug-likeness (QED) is 0.865. The Morgan fingerprint density at radius 2 is 2.05 bits per heavy atom. The van der Waals surface area contributed by atoms with Gasteiger partial charge < -0.3 is 9.88 Å². The molecule has 100 valence electrons. The predicted molar refractivity (Wildman–Crippen MR) is 79.3 cm³/mol. The van der Waals surface area contributed by atoms with E-state index in [-0.39, 0.29) is 0 Å². The first-order chi connectivity index (χ1) is 9.20. The van der Waals surface area contributed by atoms with Gasteiger partial charge in [0.05, 0.1) is 0 Å². The Labute approximate surface area is 115 Å². The molecule has 0 aliphatic heterocycles. The summed E-state index contributed by atoms with van der Waals surface area (Å²) in [6.45, 7) is 6.32. The molecule has 1 fully saturated rings. The summed E-state index contributed by atoms with van der Waals surface area (Å²) in [4.78, 5) is 0. The van der Waals surface area contributed by atoms with E-state index in [0.717, 1.165) is 19.1 Å². The van der Waals surface area contributed by atoms with Crippen LogP contribution in [0.4, 0.5) is 0 Å². The summed E-state index contributed by atoms with van der Waals surface area (Å²) in [7, 11) is 0. The van der Waals surface area contributed by atoms with Gasteiger partial charge in [-0.05, 0) is 49.4 Å². The zero-order chi connectivity index (χ0) is 13.2. The van der Waals surface area contributed by atoms with Crippen LogP contribution in [0.3, 0.4) is 0 Å². The van der Waals surface area contributed by atoms with E-state index < -0.39 is 0 Å². The molecular weight excluding hydrogens is 232 g/mol. The van der Waals surface area contributed by atoms with Crippen molar-refractivity contribution in [3.63, 3.8) is 0 Å². The number of benzene rings is 1. The molecule has 19 heavy (non-hydrogen) atoms. The van der Waals surface area contributed by atoms with Gasteiger partial charge >= 0.3 is 0 Å². The molecule has 1 N–H and O–H groups in total. The molecule has 0 radical (unpaired) electrons. The SMILES string of the molecule is Cc1ccc(C)c(Cn2ccc(CNC3CC3)c2)c1. The third-order valence-electron chi connectivity index (χ3n) is 3.84. The number of nitrogens with zero attached hydrogens (tertiary/aromatic N) is 1. The fraction of sp³-hybridized carbons (Fsp3) is 0.412. The molecule has 0 amide bonds. The Bertz CT molecular complexity index is 564. The van der Waals surface area contributed by atoms with Gasteiger partial charge in [0.1, 0.15) is 0 Å². The van der Waals surface area contributed by atoms with Crippen LogP contribution < -0.4 is 5.32 Å². The number of hydrogen-bond donors (Lipinski definition) is 1. The maximum atomic E-state index is 3.56. The van der Waals surface area contributed by atoms with E-state index in [1.54, 1.807) is 0 Å². The van der Waals surface area contributed by atoms with Crippen molar-refractivity contribution in [1.29, 1.82) is 0 Å². The second-order valence-electron chi connectivity index (χ2n) is 5.78. The van der Waals surface area contributed by atoms with E-state index in [2.05, 4.69) is 60.4 Å². The van der Waals surface area contributed by atoms with Crippen molar-refractivity contribution in [1.82, 2.24) is 9.88 Å². The van der Waals surface area contributed by atoms with Crippen LogP contribution in [0.2, 0.25) is 0 Å². The molecule has 2 heteroatoms. The van der Waals surface area contributed by atoms with Gasteiger partial charge in [0.15, 0.2) is 0 Å². The van der Waals surface area contributed by atoms with Crippen molar-refractivity contribution in [2.45, 2.75) is 45.8 Å². The van der Waals surface area contributed by atoms with Gasteiger partial charge in [-0.2, -0.15) is 0 Å². The lowest BCUT2D eigenvalue weighted by atomic mass is 10.1. The smallest absolute Gasteiger partial charge is 0.0473 e. The van der Waals surface area contributed by atoms with Gasteiger partial charge in [-0.25, -0.2) is 0 Å². The Kier molecular flexibility index (Phi) is 3.43. The molecular formula is C17H22N2. The van der Waals surface area contributed by atoms with Crippen LogP contribution in [0.5, 0.6) is 0 Å². The van der Waals surface area contributed by atoms with Gasteiger partial charge in [0.2, 0.25) is 0 Å². The number of nitrogens with one attached hydrogen (secondary N) is 1. The number of hydrogen-bond acceptors (Lipinski definition) is 1. The highest BCUT2D eigenvalue weighted by atomic mass is 15.0. The predicted octanol–water partition coefficient (Wildman–Crippen LogP) is 3.41. The molecule has 1 aliphatic carbocycles. The molecule has 2 nitrogen and oxygen atoms in total. The van der Waals surface area contributed by atoms with Crippen LogP contribution in [0.1, 0.15) is 35.1 Å². The largest absolute Gasteiger partial charge is 0.350 e. The second-order valence-corrected chi connectivity index (χ2v) is 5.78. The standard InChI is InChI=1S/C17H22N2/c1-13-3-4-14(2)16(9-13)12-19-8-7-15(11-19)10-18-17-5-6-17/h3-4,7-9,11,17-18H,5-6,10,12H2,1-2H3. The molecule has 1 heterocycles. The minimum Gasteiger partial charge on any atom is -0.350 e. The van der Waals surface area contributed by atoms with Crippen molar-refractivity contribution < 1.29 is 0 Å². The molecule has 0 spiro atoms. The second kappa shape index (κ2) is 5.22. The number of aryl methyl sites for hydroxylation is 2. The third-order valence-corrected chi connectivity index (χ3v) is 3.84. The third kappa shape index (κ3) is 3.27. The van der Waals surface area contributed by atoms with E-state index in [4.69, 9.17) is 0 Å². The van der Waals surface area contributed by atoms with Gasteiger partial charge in [-0.15, -0.1) is 0 Å². The molecule has 0 bridgehead atoms. The lowest BCUT2D eigenvalue weighted by Crippen LogP contribution is -2.14.